The summed E-state index contributed by atoms with van der Waals surface area (Å²) in [6, 6.07) is 0.0906. The highest BCUT2D eigenvalue weighted by Gasteiger charge is 2.79. The molecule has 3 aromatic rings. The van der Waals surface area contributed by atoms with Crippen LogP contribution in [0.5, 0.6) is 0 Å². The van der Waals surface area contributed by atoms with E-state index in [1.54, 1.807) is 6.20 Å². The Balaban J connectivity index is 1.20. The summed E-state index contributed by atoms with van der Waals surface area (Å²) in [6.45, 7) is 4.21. The average Bonchev–Trinajstić information content (AvgIpc) is 3.25. The molecule has 4 aliphatic carbocycles. The molecule has 2 atom stereocenters. The highest BCUT2D eigenvalue weighted by Crippen LogP contribution is 2.78. The summed E-state index contributed by atoms with van der Waals surface area (Å²) in [5.41, 5.74) is 1.83. The lowest BCUT2D eigenvalue weighted by atomic mass is 9.34. The molecule has 4 heterocycles. The molecule has 0 N–H and O–H groups in total. The van der Waals surface area contributed by atoms with Crippen molar-refractivity contribution >= 4 is 11.2 Å². The van der Waals surface area contributed by atoms with Crippen molar-refractivity contribution in [3.63, 3.8) is 0 Å². The van der Waals surface area contributed by atoms with Gasteiger partial charge in [0.25, 0.3) is 0 Å². The van der Waals surface area contributed by atoms with E-state index in [9.17, 15) is 17.6 Å². The number of halogens is 4. The number of aryl methyl sites for hydroxylation is 2. The van der Waals surface area contributed by atoms with E-state index in [1.165, 1.54) is 0 Å². The van der Waals surface area contributed by atoms with E-state index in [0.717, 1.165) is 17.0 Å². The van der Waals surface area contributed by atoms with Crippen molar-refractivity contribution in [3.05, 3.63) is 40.9 Å². The van der Waals surface area contributed by atoms with Crippen LogP contribution in [0.1, 0.15) is 91.5 Å². The average molecular weight is 517 g/mol. The molecule has 1 aliphatic heterocycles. The quantitative estimate of drug-likeness (QED) is 0.425. The molecule has 7 nitrogen and oxygen atoms in total. The Morgan fingerprint density at radius 1 is 1.00 bits per heavy atom. The molecule has 5 aliphatic rings. The van der Waals surface area contributed by atoms with E-state index >= 15 is 0 Å². The van der Waals surface area contributed by atoms with Crippen LogP contribution < -0.4 is 0 Å². The molecule has 2 bridgehead atoms. The van der Waals surface area contributed by atoms with Gasteiger partial charge in [0, 0.05) is 42.5 Å². The molecule has 8 rings (SSSR count). The first kappa shape index (κ1) is 23.4. The molecule has 0 spiro atoms. The lowest BCUT2D eigenvalue weighted by molar-refractivity contribution is -0.337. The van der Waals surface area contributed by atoms with Gasteiger partial charge in [0.05, 0.1) is 40.8 Å². The second-order valence-corrected chi connectivity index (χ2v) is 11.6. The summed E-state index contributed by atoms with van der Waals surface area (Å²) in [7, 11) is 0. The van der Waals surface area contributed by atoms with Gasteiger partial charge in [-0.05, 0) is 46.0 Å². The molecule has 0 amide bonds. The van der Waals surface area contributed by atoms with Crippen molar-refractivity contribution in [2.45, 2.75) is 94.6 Å². The molecule has 196 valence electrons. The number of fused-ring (bicyclic) bond motifs is 1. The van der Waals surface area contributed by atoms with E-state index in [2.05, 4.69) is 15.1 Å². The van der Waals surface area contributed by atoms with Crippen molar-refractivity contribution in [3.8, 4) is 0 Å². The smallest absolute Gasteiger partial charge is 0.373 e. The van der Waals surface area contributed by atoms with E-state index < -0.39 is 23.2 Å². The Morgan fingerprint density at radius 3 is 2.43 bits per heavy atom. The molecule has 1 saturated heterocycles. The first-order chi connectivity index (χ1) is 17.6. The summed E-state index contributed by atoms with van der Waals surface area (Å²) in [5, 5.41) is 4.43. The number of hydrogen-bond acceptors (Lipinski definition) is 6. The summed E-state index contributed by atoms with van der Waals surface area (Å²) in [5.74, 6) is 0.572. The predicted octanol–water partition coefficient (Wildman–Crippen LogP) is 5.53. The minimum absolute atomic E-state index is 0.0310. The van der Waals surface area contributed by atoms with Gasteiger partial charge in [0.15, 0.2) is 5.65 Å². The van der Waals surface area contributed by atoms with Crippen LogP contribution in [-0.4, -0.2) is 48.7 Å². The van der Waals surface area contributed by atoms with Crippen molar-refractivity contribution in [2.75, 3.05) is 6.61 Å². The van der Waals surface area contributed by atoms with Crippen LogP contribution in [0.2, 0.25) is 0 Å². The van der Waals surface area contributed by atoms with Gasteiger partial charge in [-0.2, -0.15) is 18.3 Å². The van der Waals surface area contributed by atoms with E-state index in [0.29, 0.717) is 55.0 Å². The highest BCUT2D eigenvalue weighted by molar-refractivity contribution is 5.75. The van der Waals surface area contributed by atoms with Crippen molar-refractivity contribution in [1.82, 2.24) is 29.7 Å². The fourth-order valence-electron chi connectivity index (χ4n) is 6.74. The summed E-state index contributed by atoms with van der Waals surface area (Å²) in [6.07, 6.45) is 1.04. The van der Waals surface area contributed by atoms with Crippen LogP contribution in [0.25, 0.3) is 11.2 Å². The van der Waals surface area contributed by atoms with E-state index in [4.69, 9.17) is 14.7 Å². The number of nitrogens with zero attached hydrogens (tertiary/aromatic N) is 6. The van der Waals surface area contributed by atoms with Gasteiger partial charge in [-0.15, -0.1) is 0 Å². The number of rotatable bonds is 4. The Hall–Kier alpha value is -2.69. The van der Waals surface area contributed by atoms with Crippen LogP contribution in [0.3, 0.4) is 0 Å². The second-order valence-electron chi connectivity index (χ2n) is 11.6. The maximum atomic E-state index is 13.6. The maximum absolute atomic E-state index is 13.6. The first-order valence-corrected chi connectivity index (χ1v) is 13.0. The van der Waals surface area contributed by atoms with Crippen LogP contribution in [-0.2, 0) is 10.2 Å². The third-order valence-electron chi connectivity index (χ3n) is 9.17. The first-order valence-electron chi connectivity index (χ1n) is 13.0. The maximum Gasteiger partial charge on any atom is 0.394 e. The summed E-state index contributed by atoms with van der Waals surface area (Å²) in [4.78, 5) is 19.1. The number of hydrogen-bond donors (Lipinski definition) is 0. The topological polar surface area (TPSA) is 78.6 Å². The summed E-state index contributed by atoms with van der Waals surface area (Å²) < 4.78 is 62.0. The Bertz CT molecular complexity index is 1380. The van der Waals surface area contributed by atoms with Gasteiger partial charge in [0.1, 0.15) is 17.5 Å². The number of alkyl halides is 4. The largest absolute Gasteiger partial charge is 0.394 e. The highest BCUT2D eigenvalue weighted by atomic mass is 19.4. The monoisotopic (exact) mass is 516 g/mol. The molecule has 0 aromatic carbocycles. The molecule has 3 aromatic heterocycles. The third kappa shape index (κ3) is 3.45. The molecule has 11 heteroatoms. The molecule has 2 unspecified atom stereocenters. The fourth-order valence-corrected chi connectivity index (χ4v) is 6.74. The minimum Gasteiger partial charge on any atom is -0.373 e. The zero-order chi connectivity index (χ0) is 25.7. The van der Waals surface area contributed by atoms with E-state index in [-0.39, 0.29) is 37.3 Å². The van der Waals surface area contributed by atoms with Crippen LogP contribution >= 0.6 is 0 Å². The second kappa shape index (κ2) is 7.68. The van der Waals surface area contributed by atoms with Gasteiger partial charge >= 0.3 is 6.18 Å². The Morgan fingerprint density at radius 2 is 1.73 bits per heavy atom. The molecular weight excluding hydrogens is 488 g/mol. The number of aromatic nitrogens is 6. The molecule has 5 fully saturated rings. The minimum atomic E-state index is -4.19. The van der Waals surface area contributed by atoms with Crippen LogP contribution in [0.4, 0.5) is 17.6 Å². The fraction of sp³-hybridized carbons (Fsp3) is 0.654. The molecule has 0 radical (unpaired) electrons. The molecule has 4 saturated carbocycles. The van der Waals surface area contributed by atoms with Gasteiger partial charge in [-0.3, -0.25) is 4.68 Å². The Labute approximate surface area is 211 Å². The summed E-state index contributed by atoms with van der Waals surface area (Å²) >= 11 is 0. The van der Waals surface area contributed by atoms with Gasteiger partial charge in [-0.25, -0.2) is 24.3 Å². The van der Waals surface area contributed by atoms with Crippen molar-refractivity contribution < 1.29 is 22.3 Å². The lowest BCUT2D eigenvalue weighted by Gasteiger charge is -2.70. The molecular formula is C26H28F4N6O. The standard InChI is InChI=1S/C26H28F4N6O/c1-13-14(2)33-23-20(32-13)21(24-10-25(11-24,12-24)26(28,29)30)34-22(35-23)15-3-4-37-19(5-15)16-8-31-36(9-16)18-6-17(27)7-18/h8-9,15,17-19H,3-7,10-12H2,1-2H3. The lowest BCUT2D eigenvalue weighted by Crippen LogP contribution is -2.70. The SMILES string of the molecule is Cc1nc2nc(C3CCOC(c4cnn(C5CC(F)C5)c4)C3)nc(C34CC(C(F)(F)F)(C3)C4)c2nc1C. The zero-order valence-corrected chi connectivity index (χ0v) is 20.7. The van der Waals surface area contributed by atoms with E-state index in [1.807, 2.05) is 24.7 Å². The van der Waals surface area contributed by atoms with Gasteiger partial charge in [-0.1, -0.05) is 0 Å². The third-order valence-corrected chi connectivity index (χ3v) is 9.17. The Kier molecular flexibility index (Phi) is 4.86. The predicted molar refractivity (Wildman–Crippen MR) is 125 cm³/mol. The number of ether oxygens (including phenoxy) is 1. The molecule has 37 heavy (non-hydrogen) atoms. The zero-order valence-electron chi connectivity index (χ0n) is 20.7. The van der Waals surface area contributed by atoms with Crippen LogP contribution in [0, 0.1) is 19.3 Å². The van der Waals surface area contributed by atoms with Crippen molar-refractivity contribution in [1.29, 1.82) is 0 Å². The van der Waals surface area contributed by atoms with Gasteiger partial charge < -0.3 is 4.74 Å². The van der Waals surface area contributed by atoms with Gasteiger partial charge in [0.2, 0.25) is 0 Å². The van der Waals surface area contributed by atoms with Crippen molar-refractivity contribution in [2.24, 2.45) is 5.41 Å². The normalized spacial score (nSPS) is 35.1. The van der Waals surface area contributed by atoms with Crippen LogP contribution in [0.15, 0.2) is 12.4 Å².